The Balaban J connectivity index is 1.19. The third-order valence-corrected chi connectivity index (χ3v) is 12.1. The molecule has 2 aliphatic carbocycles. The number of carbonyl (C=O) groups excluding carboxylic acids is 4. The highest BCUT2D eigenvalue weighted by Crippen LogP contribution is 2.46. The van der Waals surface area contributed by atoms with E-state index in [0.29, 0.717) is 37.9 Å². The Morgan fingerprint density at radius 3 is 2.55 bits per heavy atom. The van der Waals surface area contributed by atoms with Gasteiger partial charge in [-0.15, -0.1) is 10.2 Å². The number of ether oxygens (including phenoxy) is 1. The molecule has 4 aliphatic rings. The standard InChI is InChI=1S/C37H46N8O7S/c1-36(2,3)52-35(49)38-29-14-8-6-4-5-7-13-26-21-37(26,34(48)42-53(50,51)28-17-18-28)39-32(46)30-20-27(22-44(30)33(29)47)45-41-31(40-43-45)25-16-15-23-11-9-10-12-24(23)19-25/h7,9-13,15-16,19,26-30H,4-6,8,14,17-18,20-22H2,1-3H3,(H,38,49)(H,39,46)(H,42,48)/b13-7+/t26?,27-,29+,30+,37-/m1/s1. The monoisotopic (exact) mass is 746 g/mol. The van der Waals surface area contributed by atoms with E-state index >= 15 is 0 Å². The summed E-state index contributed by atoms with van der Waals surface area (Å²) < 4.78 is 33.3. The van der Waals surface area contributed by atoms with E-state index in [-0.39, 0.29) is 19.4 Å². The number of tetrazole rings is 1. The van der Waals surface area contributed by atoms with Crippen LogP contribution in [-0.4, -0.2) is 92.4 Å². The largest absolute Gasteiger partial charge is 0.444 e. The summed E-state index contributed by atoms with van der Waals surface area (Å²) in [7, 11) is -3.88. The molecule has 2 aromatic carbocycles. The van der Waals surface area contributed by atoms with Crippen LogP contribution in [0.3, 0.4) is 0 Å². The molecule has 2 saturated carbocycles. The van der Waals surface area contributed by atoms with Crippen LogP contribution in [0.2, 0.25) is 0 Å². The highest BCUT2D eigenvalue weighted by atomic mass is 32.2. The second-order valence-corrected chi connectivity index (χ2v) is 17.6. The number of sulfonamides is 1. The fourth-order valence-electron chi connectivity index (χ4n) is 7.22. The number of nitrogens with zero attached hydrogens (tertiary/aromatic N) is 5. The molecule has 16 heteroatoms. The summed E-state index contributed by atoms with van der Waals surface area (Å²) in [5, 5.41) is 20.3. The lowest BCUT2D eigenvalue weighted by Crippen LogP contribution is -2.58. The molecule has 0 bridgehead atoms. The van der Waals surface area contributed by atoms with Gasteiger partial charge in [-0.25, -0.2) is 13.2 Å². The number of hydrogen-bond acceptors (Lipinski definition) is 10. The first-order chi connectivity index (χ1) is 25.2. The highest BCUT2D eigenvalue weighted by molar-refractivity contribution is 7.91. The van der Waals surface area contributed by atoms with Crippen molar-refractivity contribution in [2.45, 2.75) is 113 Å². The summed E-state index contributed by atoms with van der Waals surface area (Å²) in [5.74, 6) is -1.93. The first-order valence-electron chi connectivity index (χ1n) is 18.4. The third-order valence-electron chi connectivity index (χ3n) is 10.3. The summed E-state index contributed by atoms with van der Waals surface area (Å²) in [6, 6.07) is 11.1. The van der Waals surface area contributed by atoms with Crippen molar-refractivity contribution in [2.24, 2.45) is 5.92 Å². The maximum Gasteiger partial charge on any atom is 0.408 e. The van der Waals surface area contributed by atoms with Crippen LogP contribution >= 0.6 is 0 Å². The van der Waals surface area contributed by atoms with Crippen molar-refractivity contribution in [2.75, 3.05) is 6.54 Å². The van der Waals surface area contributed by atoms with Crippen LogP contribution in [0.1, 0.15) is 84.6 Å². The highest BCUT2D eigenvalue weighted by Gasteiger charge is 2.62. The normalized spacial score (nSPS) is 27.4. The zero-order valence-corrected chi connectivity index (χ0v) is 31.0. The summed E-state index contributed by atoms with van der Waals surface area (Å²) in [6.45, 7) is 5.21. The zero-order valence-electron chi connectivity index (χ0n) is 30.2. The molecule has 4 amide bonds. The number of aromatic nitrogens is 4. The SMILES string of the molecule is CC(C)(C)OC(=O)N[C@H]1CCCCC/C=C/C2C[C@@]2(C(=O)NS(=O)(=O)C2CC2)NC(=O)[C@@H]2C[C@@H](n3nnc(-c4ccc5ccccc5c4)n3)CN2C1=O. The van der Waals surface area contributed by atoms with Crippen molar-refractivity contribution in [1.29, 1.82) is 0 Å². The second-order valence-electron chi connectivity index (χ2n) is 15.6. The van der Waals surface area contributed by atoms with E-state index in [9.17, 15) is 27.6 Å². The van der Waals surface area contributed by atoms with Gasteiger partial charge in [0.05, 0.1) is 11.3 Å². The molecule has 5 atom stereocenters. The first-order valence-corrected chi connectivity index (χ1v) is 19.9. The summed E-state index contributed by atoms with van der Waals surface area (Å²) in [4.78, 5) is 58.3. The number of allylic oxidation sites excluding steroid dienone is 1. The summed E-state index contributed by atoms with van der Waals surface area (Å²) >= 11 is 0. The van der Waals surface area contributed by atoms with Crippen LogP contribution in [0.5, 0.6) is 0 Å². The van der Waals surface area contributed by atoms with Crippen molar-refractivity contribution in [3.63, 3.8) is 0 Å². The Morgan fingerprint density at radius 2 is 1.79 bits per heavy atom. The number of rotatable bonds is 6. The van der Waals surface area contributed by atoms with Crippen molar-refractivity contribution in [3.05, 3.63) is 54.6 Å². The maximum absolute atomic E-state index is 14.5. The third kappa shape index (κ3) is 8.06. The zero-order chi connectivity index (χ0) is 37.5. The van der Waals surface area contributed by atoms with Gasteiger partial charge in [-0.3, -0.25) is 19.1 Å². The molecular formula is C37H46N8O7S. The Labute approximate surface area is 308 Å². The van der Waals surface area contributed by atoms with E-state index < -0.39 is 74.3 Å². The molecule has 3 aromatic rings. The van der Waals surface area contributed by atoms with Gasteiger partial charge in [-0.05, 0) is 81.3 Å². The first kappa shape index (κ1) is 36.5. The van der Waals surface area contributed by atoms with E-state index in [1.807, 2.05) is 54.6 Å². The minimum Gasteiger partial charge on any atom is -0.444 e. The number of amides is 4. The average molecular weight is 747 g/mol. The summed E-state index contributed by atoms with van der Waals surface area (Å²) in [5.41, 5.74) is -1.55. The smallest absolute Gasteiger partial charge is 0.408 e. The van der Waals surface area contributed by atoms with Crippen molar-refractivity contribution in [3.8, 4) is 11.4 Å². The van der Waals surface area contributed by atoms with Crippen LogP contribution < -0.4 is 15.4 Å². The van der Waals surface area contributed by atoms with Gasteiger partial charge in [0, 0.05) is 24.4 Å². The number of fused-ring (bicyclic) bond motifs is 3. The van der Waals surface area contributed by atoms with Crippen LogP contribution in [0.25, 0.3) is 22.2 Å². The Morgan fingerprint density at radius 1 is 1.02 bits per heavy atom. The van der Waals surface area contributed by atoms with Gasteiger partial charge in [0.1, 0.15) is 23.2 Å². The number of carbonyl (C=O) groups is 4. The van der Waals surface area contributed by atoms with Crippen molar-refractivity contribution >= 4 is 44.6 Å². The quantitative estimate of drug-likeness (QED) is 0.314. The fourth-order valence-corrected chi connectivity index (χ4v) is 8.58. The number of hydrogen-bond donors (Lipinski definition) is 3. The molecule has 3 heterocycles. The molecule has 53 heavy (non-hydrogen) atoms. The molecule has 0 radical (unpaired) electrons. The predicted molar refractivity (Wildman–Crippen MR) is 194 cm³/mol. The van der Waals surface area contributed by atoms with Gasteiger partial charge in [0.15, 0.2) is 0 Å². The average Bonchev–Trinajstić information content (AvgIpc) is 3.97. The number of alkyl carbamates (subject to hydrolysis) is 1. The van der Waals surface area contributed by atoms with Gasteiger partial charge < -0.3 is 20.3 Å². The van der Waals surface area contributed by atoms with Gasteiger partial charge in [0.25, 0.3) is 5.91 Å². The molecule has 1 saturated heterocycles. The molecule has 2 aliphatic heterocycles. The fraction of sp³-hybridized carbons (Fsp3) is 0.541. The van der Waals surface area contributed by atoms with E-state index in [4.69, 9.17) is 4.74 Å². The maximum atomic E-state index is 14.5. The van der Waals surface area contributed by atoms with Crippen molar-refractivity contribution < 1.29 is 32.3 Å². The molecule has 15 nitrogen and oxygen atoms in total. The van der Waals surface area contributed by atoms with Crippen molar-refractivity contribution in [1.82, 2.24) is 40.5 Å². The van der Waals surface area contributed by atoms with E-state index in [1.165, 1.54) is 9.70 Å². The van der Waals surface area contributed by atoms with Gasteiger partial charge in [0.2, 0.25) is 27.7 Å². The van der Waals surface area contributed by atoms with E-state index in [2.05, 4.69) is 30.8 Å². The van der Waals surface area contributed by atoms with Crippen LogP contribution in [0, 0.1) is 5.92 Å². The summed E-state index contributed by atoms with van der Waals surface area (Å²) in [6.07, 6.45) is 7.52. The van der Waals surface area contributed by atoms with Crippen LogP contribution in [0.4, 0.5) is 4.79 Å². The molecule has 282 valence electrons. The Hall–Kier alpha value is -4.86. The molecule has 1 unspecified atom stereocenters. The minimum absolute atomic E-state index is 0.0233. The second kappa shape index (κ2) is 14.2. The van der Waals surface area contributed by atoms with Gasteiger partial charge in [-0.2, -0.15) is 4.80 Å². The predicted octanol–water partition coefficient (Wildman–Crippen LogP) is 3.53. The van der Waals surface area contributed by atoms with Crippen LogP contribution in [-0.2, 0) is 29.1 Å². The van der Waals surface area contributed by atoms with Gasteiger partial charge in [-0.1, -0.05) is 61.4 Å². The molecular weight excluding hydrogens is 701 g/mol. The van der Waals surface area contributed by atoms with E-state index in [1.54, 1.807) is 20.8 Å². The number of nitrogens with one attached hydrogen (secondary N) is 3. The Kier molecular flexibility index (Phi) is 9.76. The molecule has 3 fully saturated rings. The molecule has 1 aromatic heterocycles. The molecule has 3 N–H and O–H groups in total. The number of benzene rings is 2. The lowest BCUT2D eigenvalue weighted by molar-refractivity contribution is -0.141. The molecule has 0 spiro atoms. The lowest BCUT2D eigenvalue weighted by atomic mass is 10.0. The Bertz CT molecular complexity index is 2060. The lowest BCUT2D eigenvalue weighted by Gasteiger charge is -2.30. The minimum atomic E-state index is -3.88. The van der Waals surface area contributed by atoms with E-state index in [0.717, 1.165) is 29.2 Å². The topological polar surface area (TPSA) is 195 Å². The van der Waals surface area contributed by atoms with Gasteiger partial charge >= 0.3 is 6.09 Å². The van der Waals surface area contributed by atoms with Crippen LogP contribution in [0.15, 0.2) is 54.6 Å². The molecule has 7 rings (SSSR count).